The third kappa shape index (κ3) is 3.61. The minimum absolute atomic E-state index is 0.0896. The minimum Gasteiger partial charge on any atom is -0.324 e. The summed E-state index contributed by atoms with van der Waals surface area (Å²) < 4.78 is 4.89. The molecule has 190 valence electrons. The summed E-state index contributed by atoms with van der Waals surface area (Å²) in [5, 5.41) is 8.38. The zero-order valence-corrected chi connectivity index (χ0v) is 21.3. The Bertz CT molecular complexity index is 1670. The van der Waals surface area contributed by atoms with Crippen LogP contribution in [0.2, 0.25) is 0 Å². The van der Waals surface area contributed by atoms with Gasteiger partial charge in [-0.3, -0.25) is 9.59 Å². The summed E-state index contributed by atoms with van der Waals surface area (Å²) in [5.41, 5.74) is 4.22. The lowest BCUT2D eigenvalue weighted by Gasteiger charge is -2.32. The number of anilines is 2. The third-order valence-corrected chi connectivity index (χ3v) is 7.83. The van der Waals surface area contributed by atoms with Gasteiger partial charge in [-0.1, -0.05) is 6.07 Å². The van der Waals surface area contributed by atoms with E-state index in [1.54, 1.807) is 21.6 Å². The average Bonchev–Trinajstić information content (AvgIpc) is 3.80. The monoisotopic (exact) mass is 498 g/mol. The Labute approximate surface area is 213 Å². The van der Waals surface area contributed by atoms with Crippen molar-refractivity contribution in [1.82, 2.24) is 34.0 Å². The van der Waals surface area contributed by atoms with Crippen LogP contribution >= 0.6 is 0 Å². The molecule has 0 amide bonds. The fourth-order valence-corrected chi connectivity index (χ4v) is 5.80. The summed E-state index contributed by atoms with van der Waals surface area (Å²) in [6, 6.07) is 9.66. The Balaban J connectivity index is 1.32. The maximum absolute atomic E-state index is 13.4. The van der Waals surface area contributed by atoms with Crippen molar-refractivity contribution < 1.29 is 0 Å². The fourth-order valence-electron chi connectivity index (χ4n) is 5.80. The van der Waals surface area contributed by atoms with E-state index in [0.717, 1.165) is 31.6 Å². The summed E-state index contributed by atoms with van der Waals surface area (Å²) in [6.45, 7) is 5.87. The van der Waals surface area contributed by atoms with Gasteiger partial charge in [0.05, 0.1) is 12.1 Å². The molecule has 10 nitrogen and oxygen atoms in total. The highest BCUT2D eigenvalue weighted by atomic mass is 16.1. The number of hydrogen-bond donors (Lipinski definition) is 1. The van der Waals surface area contributed by atoms with E-state index in [1.165, 1.54) is 34.7 Å². The maximum atomic E-state index is 13.4. The second kappa shape index (κ2) is 7.85. The molecule has 4 aromatic rings. The molecule has 37 heavy (non-hydrogen) atoms. The van der Waals surface area contributed by atoms with E-state index < -0.39 is 0 Å². The number of fused-ring (bicyclic) bond motifs is 3. The first-order valence-corrected chi connectivity index (χ1v) is 13.0. The summed E-state index contributed by atoms with van der Waals surface area (Å²) in [7, 11) is 2.18. The molecule has 7 rings (SSSR count). The Hall–Kier alpha value is -3.79. The van der Waals surface area contributed by atoms with E-state index in [2.05, 4.69) is 45.5 Å². The van der Waals surface area contributed by atoms with Crippen LogP contribution in [0.4, 0.5) is 11.6 Å². The van der Waals surface area contributed by atoms with Gasteiger partial charge in [0.1, 0.15) is 5.39 Å². The van der Waals surface area contributed by atoms with Crippen LogP contribution in [0.15, 0.2) is 46.1 Å². The van der Waals surface area contributed by atoms with Crippen LogP contribution in [0.5, 0.6) is 0 Å². The first kappa shape index (κ1) is 22.4. The summed E-state index contributed by atoms with van der Waals surface area (Å²) in [4.78, 5) is 37.4. The minimum atomic E-state index is -0.182. The van der Waals surface area contributed by atoms with E-state index in [-0.39, 0.29) is 23.2 Å². The largest absolute Gasteiger partial charge is 0.324 e. The number of nitrogens with zero attached hydrogens (tertiary/aromatic N) is 7. The molecule has 0 radical (unpaired) electrons. The topological polar surface area (TPSA) is 103 Å². The molecule has 1 N–H and O–H groups in total. The Kier molecular flexibility index (Phi) is 4.76. The van der Waals surface area contributed by atoms with Crippen molar-refractivity contribution in [1.29, 1.82) is 0 Å². The average molecular weight is 499 g/mol. The highest BCUT2D eigenvalue weighted by Crippen LogP contribution is 2.52. The lowest BCUT2D eigenvalue weighted by molar-refractivity contribution is 0.271. The Morgan fingerprint density at radius 3 is 2.65 bits per heavy atom. The lowest BCUT2D eigenvalue weighted by atomic mass is 9.87. The van der Waals surface area contributed by atoms with Gasteiger partial charge in [0.25, 0.3) is 11.1 Å². The lowest BCUT2D eigenvalue weighted by Crippen LogP contribution is -2.35. The van der Waals surface area contributed by atoms with Gasteiger partial charge in [0.2, 0.25) is 5.95 Å². The predicted molar refractivity (Wildman–Crippen MR) is 141 cm³/mol. The third-order valence-electron chi connectivity index (χ3n) is 7.83. The first-order valence-electron chi connectivity index (χ1n) is 13.0. The van der Waals surface area contributed by atoms with Crippen molar-refractivity contribution in [3.8, 4) is 5.82 Å². The van der Waals surface area contributed by atoms with Gasteiger partial charge < -0.3 is 10.2 Å². The van der Waals surface area contributed by atoms with Crippen molar-refractivity contribution >= 4 is 22.7 Å². The molecule has 1 spiro atoms. The van der Waals surface area contributed by atoms with Gasteiger partial charge in [-0.25, -0.2) is 19.0 Å². The summed E-state index contributed by atoms with van der Waals surface area (Å²) in [6.07, 6.45) is 5.94. The SMILES string of the molecule is CC(C)n1nc(-n2c3nc(Nc4ccc5c(c4)CN(C)CC54CC4)ncc3c(=O)n2C2CC2)ccc1=O. The van der Waals surface area contributed by atoms with Crippen molar-refractivity contribution in [3.63, 3.8) is 0 Å². The molecule has 3 aromatic heterocycles. The molecule has 10 heteroatoms. The molecule has 1 aromatic carbocycles. The number of hydrogen-bond acceptors (Lipinski definition) is 7. The van der Waals surface area contributed by atoms with E-state index >= 15 is 0 Å². The van der Waals surface area contributed by atoms with Gasteiger partial charge in [-0.05, 0) is 75.9 Å². The maximum Gasteiger partial charge on any atom is 0.278 e. The number of likely N-dealkylation sites (N-methyl/N-ethyl adjacent to an activating group) is 1. The van der Waals surface area contributed by atoms with Crippen LogP contribution in [0, 0.1) is 0 Å². The van der Waals surface area contributed by atoms with E-state index in [4.69, 9.17) is 4.98 Å². The first-order chi connectivity index (χ1) is 17.8. The molecular weight excluding hydrogens is 468 g/mol. The molecule has 2 aliphatic carbocycles. The second-order valence-corrected chi connectivity index (χ2v) is 11.1. The van der Waals surface area contributed by atoms with Crippen molar-refractivity contribution in [2.45, 2.75) is 63.6 Å². The standard InChI is InChI=1S/C27H30N8O2/c1-16(2)33-23(36)9-8-22(31-33)35-24-20(25(37)34(35)19-5-6-19)13-28-26(30-24)29-18-4-7-21-17(12-18)14-32(3)15-27(21)10-11-27/h4,7-9,12-13,16,19H,5-6,10-11,14-15H2,1-3H3,(H,28,29,30). The van der Waals surface area contributed by atoms with E-state index in [9.17, 15) is 9.59 Å². The molecule has 1 aliphatic heterocycles. The normalized spacial score (nSPS) is 18.5. The van der Waals surface area contributed by atoms with Gasteiger partial charge >= 0.3 is 0 Å². The smallest absolute Gasteiger partial charge is 0.278 e. The van der Waals surface area contributed by atoms with Crippen molar-refractivity contribution in [3.05, 3.63) is 68.4 Å². The van der Waals surface area contributed by atoms with Crippen molar-refractivity contribution in [2.75, 3.05) is 18.9 Å². The summed E-state index contributed by atoms with van der Waals surface area (Å²) >= 11 is 0. The molecular formula is C27H30N8O2. The van der Waals surface area contributed by atoms with Crippen LogP contribution in [-0.4, -0.2) is 47.6 Å². The fraction of sp³-hybridized carbons (Fsp3) is 0.444. The van der Waals surface area contributed by atoms with Crippen LogP contribution in [0.25, 0.3) is 16.9 Å². The number of rotatable bonds is 5. The molecule has 2 fully saturated rings. The Morgan fingerprint density at radius 2 is 1.92 bits per heavy atom. The Morgan fingerprint density at radius 1 is 1.11 bits per heavy atom. The molecule has 0 atom stereocenters. The zero-order valence-electron chi connectivity index (χ0n) is 21.3. The van der Waals surface area contributed by atoms with Crippen LogP contribution in [0.1, 0.15) is 62.7 Å². The van der Waals surface area contributed by atoms with Gasteiger partial charge in [0.15, 0.2) is 11.5 Å². The number of benzene rings is 1. The molecule has 0 bridgehead atoms. The molecule has 0 saturated heterocycles. The van der Waals surface area contributed by atoms with Crippen LogP contribution in [-0.2, 0) is 12.0 Å². The van der Waals surface area contributed by atoms with Gasteiger partial charge in [-0.2, -0.15) is 4.98 Å². The number of nitrogens with one attached hydrogen (secondary N) is 1. The molecule has 3 aliphatic rings. The second-order valence-electron chi connectivity index (χ2n) is 11.1. The number of aromatic nitrogens is 6. The van der Waals surface area contributed by atoms with E-state index in [0.29, 0.717) is 28.2 Å². The molecule has 2 saturated carbocycles. The quantitative estimate of drug-likeness (QED) is 0.450. The van der Waals surface area contributed by atoms with E-state index in [1.807, 2.05) is 13.8 Å². The van der Waals surface area contributed by atoms with Crippen LogP contribution < -0.4 is 16.4 Å². The van der Waals surface area contributed by atoms with Crippen LogP contribution in [0.3, 0.4) is 0 Å². The van der Waals surface area contributed by atoms with Gasteiger partial charge in [0, 0.05) is 36.5 Å². The summed E-state index contributed by atoms with van der Waals surface area (Å²) in [5.74, 6) is 0.903. The zero-order chi connectivity index (χ0) is 25.5. The highest BCUT2D eigenvalue weighted by molar-refractivity contribution is 5.77. The highest BCUT2D eigenvalue weighted by Gasteiger charge is 2.48. The van der Waals surface area contributed by atoms with Crippen molar-refractivity contribution in [2.24, 2.45) is 0 Å². The van der Waals surface area contributed by atoms with Gasteiger partial charge in [-0.15, -0.1) is 5.10 Å². The predicted octanol–water partition coefficient (Wildman–Crippen LogP) is 3.28. The molecule has 4 heterocycles. The molecule has 0 unspecified atom stereocenters.